The van der Waals surface area contributed by atoms with Crippen molar-refractivity contribution < 1.29 is 37.7 Å². The Hall–Kier alpha value is -4.31. The average Bonchev–Trinajstić information content (AvgIpc) is 3.62. The number of carboxylic acids is 1. The van der Waals surface area contributed by atoms with Crippen molar-refractivity contribution in [2.45, 2.75) is 77.3 Å². The number of carboxylic acid groups (broad SMARTS) is 1. The number of hydrogen-bond donors (Lipinski definition) is 2. The first-order chi connectivity index (χ1) is 21.2. The molecule has 0 bridgehead atoms. The first kappa shape index (κ1) is 30.7. The summed E-state index contributed by atoms with van der Waals surface area (Å²) in [4.78, 5) is 11.2. The third-order valence-electron chi connectivity index (χ3n) is 8.60. The van der Waals surface area contributed by atoms with Gasteiger partial charge in [0.1, 0.15) is 17.6 Å². The van der Waals surface area contributed by atoms with E-state index in [0.29, 0.717) is 47.6 Å². The van der Waals surface area contributed by atoms with Crippen molar-refractivity contribution in [3.8, 4) is 33.8 Å². The van der Waals surface area contributed by atoms with E-state index in [0.717, 1.165) is 34.1 Å². The van der Waals surface area contributed by atoms with E-state index in [1.54, 1.807) is 48.9 Å². The maximum atomic E-state index is 14.4. The van der Waals surface area contributed by atoms with E-state index in [4.69, 9.17) is 9.47 Å². The average molecular weight is 621 g/mol. The molecule has 0 saturated heterocycles. The summed E-state index contributed by atoms with van der Waals surface area (Å²) < 4.78 is 56.8. The molecule has 236 valence electrons. The van der Waals surface area contributed by atoms with Crippen LogP contribution in [0.5, 0.6) is 11.5 Å². The minimum atomic E-state index is -4.54. The van der Waals surface area contributed by atoms with Gasteiger partial charge >= 0.3 is 12.1 Å². The first-order valence-corrected chi connectivity index (χ1v) is 14.9. The van der Waals surface area contributed by atoms with Crippen LogP contribution in [0.1, 0.15) is 72.4 Å². The normalized spacial score (nSPS) is 17.6. The molecule has 1 aromatic heterocycles. The SMILES string of the molecule is Cc1nn(CC(C)(C)O)c(C)c1-c1ccc(-c2c(C(F)(F)F)ccc3c2CC[C@H]3Oc2ccc3c(c2)OC[C@H]3CC(=O)O)cc1. The second-order valence-corrected chi connectivity index (χ2v) is 12.6. The number of benzene rings is 3. The maximum Gasteiger partial charge on any atom is 0.417 e. The zero-order valence-electron chi connectivity index (χ0n) is 25.5. The summed E-state index contributed by atoms with van der Waals surface area (Å²) in [5.41, 5.74) is 4.51. The molecule has 0 unspecified atom stereocenters. The fourth-order valence-corrected chi connectivity index (χ4v) is 6.67. The molecule has 2 atom stereocenters. The van der Waals surface area contributed by atoms with Gasteiger partial charge in [-0.15, -0.1) is 0 Å². The van der Waals surface area contributed by atoms with Gasteiger partial charge in [-0.05, 0) is 80.5 Å². The Balaban J connectivity index is 1.31. The number of aryl methyl sites for hydroxylation is 1. The number of rotatable bonds is 8. The maximum absolute atomic E-state index is 14.4. The summed E-state index contributed by atoms with van der Waals surface area (Å²) in [6.07, 6.45) is -4.08. The highest BCUT2D eigenvalue weighted by Gasteiger charge is 2.38. The van der Waals surface area contributed by atoms with E-state index < -0.39 is 29.4 Å². The fraction of sp³-hybridized carbons (Fsp3) is 0.371. The number of carbonyl (C=O) groups is 1. The Morgan fingerprint density at radius 3 is 2.33 bits per heavy atom. The predicted octanol–water partition coefficient (Wildman–Crippen LogP) is 7.64. The summed E-state index contributed by atoms with van der Waals surface area (Å²) >= 11 is 0. The number of alkyl halides is 3. The molecule has 0 radical (unpaired) electrons. The molecule has 7 nitrogen and oxygen atoms in total. The van der Waals surface area contributed by atoms with E-state index in [-0.39, 0.29) is 24.5 Å². The molecular formula is C35H35F3N2O5. The number of aromatic nitrogens is 2. The van der Waals surface area contributed by atoms with E-state index >= 15 is 0 Å². The topological polar surface area (TPSA) is 93.8 Å². The van der Waals surface area contributed by atoms with Gasteiger partial charge in [-0.3, -0.25) is 9.48 Å². The number of halogens is 3. The van der Waals surface area contributed by atoms with Gasteiger partial charge in [-0.25, -0.2) is 0 Å². The monoisotopic (exact) mass is 620 g/mol. The van der Waals surface area contributed by atoms with Crippen LogP contribution in [-0.4, -0.2) is 38.2 Å². The van der Waals surface area contributed by atoms with Crippen LogP contribution in [0.15, 0.2) is 54.6 Å². The van der Waals surface area contributed by atoms with Crippen LogP contribution in [0.25, 0.3) is 22.3 Å². The molecule has 4 aromatic rings. The molecule has 0 spiro atoms. The number of fused-ring (bicyclic) bond motifs is 2. The van der Waals surface area contributed by atoms with Crippen molar-refractivity contribution >= 4 is 5.97 Å². The predicted molar refractivity (Wildman–Crippen MR) is 162 cm³/mol. The minimum Gasteiger partial charge on any atom is -0.492 e. The van der Waals surface area contributed by atoms with Crippen LogP contribution in [0, 0.1) is 13.8 Å². The lowest BCUT2D eigenvalue weighted by molar-refractivity contribution is -0.138. The lowest BCUT2D eigenvalue weighted by Crippen LogP contribution is -2.27. The number of nitrogens with zero attached hydrogens (tertiary/aromatic N) is 2. The Kier molecular flexibility index (Phi) is 7.67. The fourth-order valence-electron chi connectivity index (χ4n) is 6.67. The highest BCUT2D eigenvalue weighted by Crippen LogP contribution is 2.47. The number of hydrogen-bond acceptors (Lipinski definition) is 5. The van der Waals surface area contributed by atoms with Gasteiger partial charge in [0.2, 0.25) is 0 Å². The quantitative estimate of drug-likeness (QED) is 0.210. The molecule has 3 aromatic carbocycles. The van der Waals surface area contributed by atoms with E-state index in [2.05, 4.69) is 5.10 Å². The minimum absolute atomic E-state index is 0.0284. The van der Waals surface area contributed by atoms with Crippen LogP contribution >= 0.6 is 0 Å². The third kappa shape index (κ3) is 6.03. The summed E-state index contributed by atoms with van der Waals surface area (Å²) in [6, 6.07) is 15.1. The van der Waals surface area contributed by atoms with Gasteiger partial charge < -0.3 is 19.7 Å². The Bertz CT molecular complexity index is 1770. The highest BCUT2D eigenvalue weighted by atomic mass is 19.4. The van der Waals surface area contributed by atoms with Crippen molar-refractivity contribution in [2.75, 3.05) is 6.61 Å². The largest absolute Gasteiger partial charge is 0.492 e. The molecule has 6 rings (SSSR count). The summed E-state index contributed by atoms with van der Waals surface area (Å²) in [7, 11) is 0. The molecule has 0 amide bonds. The molecule has 0 fully saturated rings. The lowest BCUT2D eigenvalue weighted by Gasteiger charge is -2.20. The smallest absolute Gasteiger partial charge is 0.417 e. The Morgan fingerprint density at radius 1 is 1.02 bits per heavy atom. The van der Waals surface area contributed by atoms with Crippen LogP contribution in [0.2, 0.25) is 0 Å². The van der Waals surface area contributed by atoms with Crippen LogP contribution in [-0.2, 0) is 23.9 Å². The number of aliphatic hydroxyl groups is 1. The van der Waals surface area contributed by atoms with Crippen molar-refractivity contribution in [3.63, 3.8) is 0 Å². The zero-order valence-corrected chi connectivity index (χ0v) is 25.5. The summed E-state index contributed by atoms with van der Waals surface area (Å²) in [6.45, 7) is 7.82. The van der Waals surface area contributed by atoms with Crippen LogP contribution in [0.4, 0.5) is 13.2 Å². The van der Waals surface area contributed by atoms with Gasteiger partial charge in [0, 0.05) is 28.8 Å². The second-order valence-electron chi connectivity index (χ2n) is 12.6. The van der Waals surface area contributed by atoms with Crippen LogP contribution in [0.3, 0.4) is 0 Å². The molecule has 1 aliphatic heterocycles. The Morgan fingerprint density at radius 2 is 1.69 bits per heavy atom. The van der Waals surface area contributed by atoms with Crippen LogP contribution < -0.4 is 9.47 Å². The zero-order chi connectivity index (χ0) is 32.3. The van der Waals surface area contributed by atoms with E-state index in [9.17, 15) is 28.2 Å². The van der Waals surface area contributed by atoms with Gasteiger partial charge in [0.25, 0.3) is 0 Å². The molecule has 2 aliphatic rings. The van der Waals surface area contributed by atoms with Gasteiger partial charge in [-0.2, -0.15) is 18.3 Å². The molecular weight excluding hydrogens is 585 g/mol. The molecule has 45 heavy (non-hydrogen) atoms. The van der Waals surface area contributed by atoms with Crippen molar-refractivity contribution in [3.05, 3.63) is 88.2 Å². The first-order valence-electron chi connectivity index (χ1n) is 14.9. The number of ether oxygens (including phenoxy) is 2. The van der Waals surface area contributed by atoms with Crippen molar-refractivity contribution in [1.29, 1.82) is 0 Å². The molecule has 10 heteroatoms. The van der Waals surface area contributed by atoms with Gasteiger partial charge in [0.05, 0.1) is 36.4 Å². The van der Waals surface area contributed by atoms with Gasteiger partial charge in [0.15, 0.2) is 0 Å². The van der Waals surface area contributed by atoms with Crippen molar-refractivity contribution in [1.82, 2.24) is 9.78 Å². The molecule has 0 saturated carbocycles. The lowest BCUT2D eigenvalue weighted by atomic mass is 9.90. The van der Waals surface area contributed by atoms with Crippen molar-refractivity contribution in [2.24, 2.45) is 0 Å². The van der Waals surface area contributed by atoms with E-state index in [1.807, 2.05) is 26.0 Å². The highest BCUT2D eigenvalue weighted by molar-refractivity contribution is 5.78. The van der Waals surface area contributed by atoms with E-state index in [1.165, 1.54) is 6.07 Å². The standard InChI is InChI=1S/C35H35F3N2O5/c1-19-32(20(2)40(39-19)18-34(3,4)43)21-5-7-22(8-6-21)33-27-12-14-29(26(27)11-13-28(33)35(36,37)38)45-24-9-10-25-23(15-31(41)42)17-44-30(25)16-24/h5-11,13,16,23,29,43H,12,14-15,17-18H2,1-4H3,(H,41,42)/t23-,29-/m1/s1. The second kappa shape index (κ2) is 11.2. The molecule has 2 heterocycles. The molecule has 1 aliphatic carbocycles. The number of aliphatic carboxylic acids is 1. The summed E-state index contributed by atoms with van der Waals surface area (Å²) in [5.74, 6) is -0.0396. The summed E-state index contributed by atoms with van der Waals surface area (Å²) in [5, 5.41) is 24.0. The van der Waals surface area contributed by atoms with Gasteiger partial charge in [-0.1, -0.05) is 36.4 Å². The third-order valence-corrected chi connectivity index (χ3v) is 8.60. The molecule has 2 N–H and O–H groups in total. The Labute approximate surface area is 259 Å².